The fourth-order valence-corrected chi connectivity index (χ4v) is 1.90. The van der Waals surface area contributed by atoms with Crippen molar-refractivity contribution in [3.05, 3.63) is 0 Å². The number of nitrogens with one attached hydrogen (secondary N) is 1. The Morgan fingerprint density at radius 1 is 1.60 bits per heavy atom. The van der Waals surface area contributed by atoms with Gasteiger partial charge in [0.1, 0.15) is 6.04 Å². The third-order valence-corrected chi connectivity index (χ3v) is 3.14. The Kier molecular flexibility index (Phi) is 4.50. The molecule has 5 nitrogen and oxygen atoms in total. The van der Waals surface area contributed by atoms with Gasteiger partial charge in [0.2, 0.25) is 0 Å². The number of aliphatic carboxylic acids is 1. The quantitative estimate of drug-likeness (QED) is 0.679. The molecule has 1 aliphatic rings. The predicted molar refractivity (Wildman–Crippen MR) is 56.9 cm³/mol. The Morgan fingerprint density at radius 3 is 2.80 bits per heavy atom. The molecule has 1 aliphatic heterocycles. The van der Waals surface area contributed by atoms with Gasteiger partial charge in [-0.05, 0) is 13.8 Å². The lowest BCUT2D eigenvalue weighted by Gasteiger charge is -2.39. The second-order valence-corrected chi connectivity index (χ2v) is 3.98. The van der Waals surface area contributed by atoms with Gasteiger partial charge in [0.15, 0.2) is 0 Å². The average molecular weight is 216 g/mol. The highest BCUT2D eigenvalue weighted by atomic mass is 16.5. The second-order valence-electron chi connectivity index (χ2n) is 3.98. The first kappa shape index (κ1) is 12.4. The molecule has 1 fully saturated rings. The van der Waals surface area contributed by atoms with E-state index in [-0.39, 0.29) is 12.1 Å². The predicted octanol–water partition coefficient (Wildman–Crippen LogP) is -0.232. The van der Waals surface area contributed by atoms with Crippen LogP contribution >= 0.6 is 0 Å². The highest BCUT2D eigenvalue weighted by molar-refractivity contribution is 5.74. The summed E-state index contributed by atoms with van der Waals surface area (Å²) in [5.41, 5.74) is 0. The van der Waals surface area contributed by atoms with Gasteiger partial charge in [-0.2, -0.15) is 0 Å². The fourth-order valence-electron chi connectivity index (χ4n) is 1.90. The Balaban J connectivity index is 2.67. The summed E-state index contributed by atoms with van der Waals surface area (Å²) in [6, 6.07) is -0.315. The molecule has 0 spiro atoms. The lowest BCUT2D eigenvalue weighted by atomic mass is 10.1. The van der Waals surface area contributed by atoms with E-state index in [1.54, 1.807) is 7.11 Å². The summed E-state index contributed by atoms with van der Waals surface area (Å²) in [6.07, 6.45) is 0.0462. The van der Waals surface area contributed by atoms with Crippen molar-refractivity contribution >= 4 is 5.97 Å². The zero-order valence-electron chi connectivity index (χ0n) is 9.56. The first-order chi connectivity index (χ1) is 7.07. The van der Waals surface area contributed by atoms with Gasteiger partial charge in [-0.15, -0.1) is 0 Å². The van der Waals surface area contributed by atoms with Gasteiger partial charge in [0.25, 0.3) is 0 Å². The van der Waals surface area contributed by atoms with Crippen molar-refractivity contribution in [2.45, 2.75) is 32.0 Å². The summed E-state index contributed by atoms with van der Waals surface area (Å²) < 4.78 is 5.24. The largest absolute Gasteiger partial charge is 0.480 e. The van der Waals surface area contributed by atoms with Crippen LogP contribution in [-0.2, 0) is 9.53 Å². The molecule has 1 heterocycles. The third-order valence-electron chi connectivity index (χ3n) is 3.14. The maximum absolute atomic E-state index is 11.1. The summed E-state index contributed by atoms with van der Waals surface area (Å²) in [5.74, 6) is -0.766. The van der Waals surface area contributed by atoms with E-state index in [4.69, 9.17) is 9.84 Å². The first-order valence-corrected chi connectivity index (χ1v) is 5.30. The number of nitrogens with zero attached hydrogens (tertiary/aromatic N) is 1. The molecule has 0 radical (unpaired) electrons. The SMILES string of the molecule is COC(C)C(C)N1CCNCC1C(=O)O. The molecule has 2 N–H and O–H groups in total. The van der Waals surface area contributed by atoms with Crippen molar-refractivity contribution in [3.8, 4) is 0 Å². The summed E-state index contributed by atoms with van der Waals surface area (Å²) in [4.78, 5) is 13.1. The van der Waals surface area contributed by atoms with Gasteiger partial charge in [0, 0.05) is 32.8 Å². The highest BCUT2D eigenvalue weighted by Gasteiger charge is 2.33. The number of piperazine rings is 1. The maximum atomic E-state index is 11.1. The number of ether oxygens (including phenoxy) is 1. The molecule has 88 valence electrons. The topological polar surface area (TPSA) is 61.8 Å². The van der Waals surface area contributed by atoms with E-state index in [9.17, 15) is 4.79 Å². The fraction of sp³-hybridized carbons (Fsp3) is 0.900. The highest BCUT2D eigenvalue weighted by Crippen LogP contribution is 2.13. The van der Waals surface area contributed by atoms with E-state index in [1.165, 1.54) is 0 Å². The Labute approximate surface area is 90.4 Å². The number of rotatable bonds is 4. The minimum atomic E-state index is -0.766. The molecule has 1 rings (SSSR count). The van der Waals surface area contributed by atoms with Gasteiger partial charge in [-0.3, -0.25) is 9.69 Å². The standard InChI is InChI=1S/C10H20N2O3/c1-7(8(2)15-3)12-5-4-11-6-9(12)10(13)14/h7-9,11H,4-6H2,1-3H3,(H,13,14). The minimum absolute atomic E-state index is 0.0462. The van der Waals surface area contributed by atoms with Crippen LogP contribution in [0, 0.1) is 0 Å². The molecule has 0 bridgehead atoms. The first-order valence-electron chi connectivity index (χ1n) is 5.30. The van der Waals surface area contributed by atoms with Crippen LogP contribution in [0.25, 0.3) is 0 Å². The van der Waals surface area contributed by atoms with Crippen LogP contribution < -0.4 is 5.32 Å². The van der Waals surface area contributed by atoms with Crippen molar-refractivity contribution in [2.24, 2.45) is 0 Å². The van der Waals surface area contributed by atoms with Crippen LogP contribution in [0.15, 0.2) is 0 Å². The van der Waals surface area contributed by atoms with Crippen molar-refractivity contribution < 1.29 is 14.6 Å². The van der Waals surface area contributed by atoms with Gasteiger partial charge >= 0.3 is 5.97 Å². The molecular formula is C10H20N2O3. The molecule has 0 aliphatic carbocycles. The van der Waals surface area contributed by atoms with E-state index < -0.39 is 12.0 Å². The smallest absolute Gasteiger partial charge is 0.322 e. The maximum Gasteiger partial charge on any atom is 0.322 e. The van der Waals surface area contributed by atoms with Crippen LogP contribution in [0.3, 0.4) is 0 Å². The van der Waals surface area contributed by atoms with Crippen LogP contribution in [0.2, 0.25) is 0 Å². The molecule has 5 heteroatoms. The summed E-state index contributed by atoms with van der Waals surface area (Å²) in [7, 11) is 1.65. The van der Waals surface area contributed by atoms with Crippen molar-refractivity contribution in [2.75, 3.05) is 26.7 Å². The Hall–Kier alpha value is -0.650. The Bertz CT molecular complexity index is 223. The normalized spacial score (nSPS) is 27.3. The average Bonchev–Trinajstić information content (AvgIpc) is 2.27. The molecule has 3 atom stereocenters. The van der Waals surface area contributed by atoms with Crippen LogP contribution in [-0.4, -0.2) is 60.9 Å². The molecule has 0 aromatic carbocycles. The third kappa shape index (κ3) is 2.90. The van der Waals surface area contributed by atoms with E-state index in [1.807, 2.05) is 18.7 Å². The summed E-state index contributed by atoms with van der Waals surface area (Å²) in [6.45, 7) is 6.08. The van der Waals surface area contributed by atoms with E-state index in [2.05, 4.69) is 5.32 Å². The molecule has 0 aromatic rings. The number of carboxylic acid groups (broad SMARTS) is 1. The number of methoxy groups -OCH3 is 1. The van der Waals surface area contributed by atoms with E-state index in [0.29, 0.717) is 6.54 Å². The molecule has 0 saturated carbocycles. The van der Waals surface area contributed by atoms with Crippen LogP contribution in [0.1, 0.15) is 13.8 Å². The molecule has 0 aromatic heterocycles. The molecule has 15 heavy (non-hydrogen) atoms. The van der Waals surface area contributed by atoms with Gasteiger partial charge in [-0.1, -0.05) is 0 Å². The number of carbonyl (C=O) groups is 1. The molecule has 1 saturated heterocycles. The minimum Gasteiger partial charge on any atom is -0.480 e. The second kappa shape index (κ2) is 5.44. The zero-order chi connectivity index (χ0) is 11.4. The van der Waals surface area contributed by atoms with Crippen molar-refractivity contribution in [3.63, 3.8) is 0 Å². The lowest BCUT2D eigenvalue weighted by molar-refractivity contribution is -0.146. The van der Waals surface area contributed by atoms with Crippen molar-refractivity contribution in [1.82, 2.24) is 10.2 Å². The van der Waals surface area contributed by atoms with Crippen LogP contribution in [0.5, 0.6) is 0 Å². The van der Waals surface area contributed by atoms with Crippen molar-refractivity contribution in [1.29, 1.82) is 0 Å². The van der Waals surface area contributed by atoms with E-state index in [0.717, 1.165) is 13.1 Å². The number of hydrogen-bond donors (Lipinski definition) is 2. The Morgan fingerprint density at radius 2 is 2.27 bits per heavy atom. The molecule has 0 amide bonds. The number of hydrogen-bond acceptors (Lipinski definition) is 4. The van der Waals surface area contributed by atoms with Gasteiger partial charge in [-0.25, -0.2) is 0 Å². The van der Waals surface area contributed by atoms with Crippen LogP contribution in [0.4, 0.5) is 0 Å². The van der Waals surface area contributed by atoms with E-state index >= 15 is 0 Å². The van der Waals surface area contributed by atoms with Gasteiger partial charge in [0.05, 0.1) is 6.10 Å². The van der Waals surface area contributed by atoms with Gasteiger partial charge < -0.3 is 15.2 Å². The molecular weight excluding hydrogens is 196 g/mol. The zero-order valence-corrected chi connectivity index (χ0v) is 9.56. The monoisotopic (exact) mass is 216 g/mol. The lowest BCUT2D eigenvalue weighted by Crippen LogP contribution is -2.59. The summed E-state index contributed by atoms with van der Waals surface area (Å²) in [5, 5.41) is 12.2. The number of carboxylic acids is 1. The molecule has 3 unspecified atom stereocenters. The summed E-state index contributed by atoms with van der Waals surface area (Å²) >= 11 is 0.